The third-order valence-electron chi connectivity index (χ3n) is 1.05. The lowest BCUT2D eigenvalue weighted by Gasteiger charge is -2.10. The van der Waals surface area contributed by atoms with Gasteiger partial charge in [0, 0.05) is 11.8 Å². The highest BCUT2D eigenvalue weighted by molar-refractivity contribution is 7.45. The third kappa shape index (κ3) is 3.03. The summed E-state index contributed by atoms with van der Waals surface area (Å²) in [6.45, 7) is 0.376. The van der Waals surface area contributed by atoms with Crippen LogP contribution in [0.4, 0.5) is 0 Å². The minimum atomic E-state index is -2.58. The Labute approximate surface area is 63.5 Å². The van der Waals surface area contributed by atoms with Crippen molar-refractivity contribution in [2.24, 2.45) is 0 Å². The van der Waals surface area contributed by atoms with Crippen molar-refractivity contribution in [2.75, 3.05) is 0 Å². The Balaban J connectivity index is 4.04. The van der Waals surface area contributed by atoms with E-state index in [0.717, 1.165) is 0 Å². The number of hydrogen-bond acceptors (Lipinski definition) is 2. The molecule has 0 amide bonds. The summed E-state index contributed by atoms with van der Waals surface area (Å²) in [7, 11) is 0. The normalized spacial score (nSPS) is 15.1. The highest BCUT2D eigenvalue weighted by Crippen LogP contribution is 2.20. The molecule has 0 aliphatic rings. The van der Waals surface area contributed by atoms with Gasteiger partial charge in [0.05, 0.1) is 0 Å². The molecule has 0 spiro atoms. The van der Waals surface area contributed by atoms with Gasteiger partial charge in [-0.3, -0.25) is 10.1 Å². The molecule has 0 heterocycles. The van der Waals surface area contributed by atoms with Crippen LogP contribution in [0.15, 0.2) is 0 Å². The minimum absolute atomic E-state index is 0.452. The van der Waals surface area contributed by atoms with Gasteiger partial charge in [0.1, 0.15) is 0 Å². The monoisotopic (exact) mass is 187 g/mol. The average molecular weight is 188 g/mol. The molecule has 0 radical (unpaired) electrons. The molecule has 0 bridgehead atoms. The topological polar surface area (TPSA) is 43.1 Å². The molecule has 0 N–H and O–H groups in total. The lowest BCUT2D eigenvalue weighted by atomic mass is 10.8. The van der Waals surface area contributed by atoms with Gasteiger partial charge in [0.25, 0.3) is 0 Å². The smallest absolute Gasteiger partial charge is 0.265 e. The molecule has 1 atom stereocenters. The van der Waals surface area contributed by atoms with Crippen molar-refractivity contribution >= 4 is 28.9 Å². The summed E-state index contributed by atoms with van der Waals surface area (Å²) in [5, 5.41) is 10.0. The van der Waals surface area contributed by atoms with Crippen molar-refractivity contribution in [2.45, 2.75) is 19.1 Å². The average Bonchev–Trinajstić information content (AvgIpc) is 1.62. The van der Waals surface area contributed by atoms with Gasteiger partial charge in [0.15, 0.2) is 0 Å². The molecular formula is C3H7Cl2NO2Si. The maximum atomic E-state index is 10.0. The Hall–Kier alpha value is 0.197. The molecule has 9 heavy (non-hydrogen) atoms. The van der Waals surface area contributed by atoms with E-state index in [1.807, 2.05) is 0 Å². The van der Waals surface area contributed by atoms with E-state index in [2.05, 4.69) is 0 Å². The van der Waals surface area contributed by atoms with E-state index >= 15 is 0 Å². The maximum absolute atomic E-state index is 10.0. The molecule has 0 aliphatic carbocycles. The van der Waals surface area contributed by atoms with Crippen LogP contribution in [0.2, 0.25) is 6.55 Å². The number of nitro groups is 1. The number of rotatable bonds is 2. The first-order valence-electron chi connectivity index (χ1n) is 2.37. The van der Waals surface area contributed by atoms with Crippen LogP contribution in [-0.2, 0) is 0 Å². The molecular weight excluding hydrogens is 181 g/mol. The fraction of sp³-hybridized carbons (Fsp3) is 1.00. The summed E-state index contributed by atoms with van der Waals surface area (Å²) in [5.74, 6) is 0. The summed E-state index contributed by atoms with van der Waals surface area (Å²) in [6.07, 6.45) is 0. The third-order valence-corrected chi connectivity index (χ3v) is 4.62. The van der Waals surface area contributed by atoms with Gasteiger partial charge in [-0.05, 0) is 6.55 Å². The van der Waals surface area contributed by atoms with E-state index in [1.165, 1.54) is 13.5 Å². The molecule has 3 nitrogen and oxygen atoms in total. The molecule has 0 aliphatic heterocycles. The maximum Gasteiger partial charge on any atom is 0.327 e. The Morgan fingerprint density at radius 1 is 1.67 bits per heavy atom. The van der Waals surface area contributed by atoms with Crippen molar-refractivity contribution in [1.82, 2.24) is 0 Å². The van der Waals surface area contributed by atoms with Crippen molar-refractivity contribution < 1.29 is 4.92 Å². The predicted molar refractivity (Wildman–Crippen MR) is 39.8 cm³/mol. The summed E-state index contributed by atoms with van der Waals surface area (Å²) in [6, 6.07) is 0. The van der Waals surface area contributed by atoms with Crippen LogP contribution in [0.25, 0.3) is 0 Å². The van der Waals surface area contributed by atoms with Gasteiger partial charge in [-0.15, -0.1) is 22.2 Å². The summed E-state index contributed by atoms with van der Waals surface area (Å²) in [5.41, 5.74) is -0.791. The highest BCUT2D eigenvalue weighted by Gasteiger charge is 2.39. The summed E-state index contributed by atoms with van der Waals surface area (Å²) >= 11 is 11.1. The molecule has 0 saturated carbocycles. The first kappa shape index (κ1) is 9.20. The Morgan fingerprint density at radius 3 is 2.00 bits per heavy atom. The Morgan fingerprint density at radius 2 is 2.00 bits per heavy atom. The van der Waals surface area contributed by atoms with E-state index < -0.39 is 17.3 Å². The van der Waals surface area contributed by atoms with Crippen LogP contribution in [0.1, 0.15) is 6.92 Å². The van der Waals surface area contributed by atoms with Crippen LogP contribution >= 0.6 is 22.2 Å². The molecule has 0 aromatic rings. The number of halogens is 2. The van der Waals surface area contributed by atoms with Gasteiger partial charge in [0.2, 0.25) is 5.67 Å². The first-order chi connectivity index (χ1) is 3.85. The first-order valence-corrected chi connectivity index (χ1v) is 6.97. The molecule has 6 heteroatoms. The second-order valence-corrected chi connectivity index (χ2v) is 9.96. The van der Waals surface area contributed by atoms with Crippen molar-refractivity contribution in [3.05, 3.63) is 10.1 Å². The molecule has 0 aromatic carbocycles. The fourth-order valence-electron chi connectivity index (χ4n) is 0.185. The summed E-state index contributed by atoms with van der Waals surface area (Å²) < 4.78 is 0. The van der Waals surface area contributed by atoms with Crippen LogP contribution in [-0.4, -0.2) is 17.3 Å². The van der Waals surface area contributed by atoms with Crippen LogP contribution in [0.3, 0.4) is 0 Å². The van der Waals surface area contributed by atoms with E-state index in [1.54, 1.807) is 0 Å². The van der Waals surface area contributed by atoms with Crippen molar-refractivity contribution in [1.29, 1.82) is 0 Å². The molecule has 0 rings (SSSR count). The van der Waals surface area contributed by atoms with Crippen molar-refractivity contribution in [3.63, 3.8) is 0 Å². The molecule has 0 fully saturated rings. The van der Waals surface area contributed by atoms with Crippen LogP contribution < -0.4 is 0 Å². The van der Waals surface area contributed by atoms with Crippen LogP contribution in [0.5, 0.6) is 0 Å². The fourth-order valence-corrected chi connectivity index (χ4v) is 1.03. The standard InChI is InChI=1S/C3H7Cl2NO2Si/c1-3(6(7)8)9(2,4)5/h3H,1-2H3. The lowest BCUT2D eigenvalue weighted by Crippen LogP contribution is -2.37. The highest BCUT2D eigenvalue weighted by atomic mass is 35.7. The van der Waals surface area contributed by atoms with E-state index in [-0.39, 0.29) is 0 Å². The van der Waals surface area contributed by atoms with Gasteiger partial charge in [-0.1, -0.05) is 0 Å². The van der Waals surface area contributed by atoms with Gasteiger partial charge >= 0.3 is 6.69 Å². The zero-order chi connectivity index (χ0) is 7.65. The SMILES string of the molecule is CC([N+](=O)[O-])[Si](C)(Cl)Cl. The minimum Gasteiger partial charge on any atom is -0.265 e. The second-order valence-electron chi connectivity index (χ2n) is 1.92. The predicted octanol–water partition coefficient (Wildman–Crippen LogP) is 1.74. The van der Waals surface area contributed by atoms with E-state index in [4.69, 9.17) is 22.2 Å². The lowest BCUT2D eigenvalue weighted by molar-refractivity contribution is -0.496. The van der Waals surface area contributed by atoms with Gasteiger partial charge < -0.3 is 0 Å². The molecule has 0 aromatic heterocycles. The molecule has 1 unspecified atom stereocenters. The number of hydrogen-bond donors (Lipinski definition) is 0. The largest absolute Gasteiger partial charge is 0.327 e. The quantitative estimate of drug-likeness (QED) is 0.286. The second kappa shape index (κ2) is 2.85. The van der Waals surface area contributed by atoms with E-state index in [9.17, 15) is 10.1 Å². The van der Waals surface area contributed by atoms with Crippen LogP contribution in [0, 0.1) is 10.1 Å². The Bertz CT molecular complexity index is 123. The summed E-state index contributed by atoms with van der Waals surface area (Å²) in [4.78, 5) is 9.57. The zero-order valence-electron chi connectivity index (χ0n) is 5.10. The van der Waals surface area contributed by atoms with E-state index in [0.29, 0.717) is 0 Å². The molecule has 54 valence electrons. The van der Waals surface area contributed by atoms with Crippen molar-refractivity contribution in [3.8, 4) is 0 Å². The zero-order valence-corrected chi connectivity index (χ0v) is 7.61. The van der Waals surface area contributed by atoms with Gasteiger partial charge in [-0.25, -0.2) is 0 Å². The number of nitrogens with zero attached hydrogens (tertiary/aromatic N) is 1. The van der Waals surface area contributed by atoms with Gasteiger partial charge in [-0.2, -0.15) is 0 Å². The molecule has 0 saturated heterocycles. The Kier molecular flexibility index (Phi) is 2.92.